The fourth-order valence-electron chi connectivity index (χ4n) is 6.25. The molecular formula is C43H61N3O. The van der Waals surface area contributed by atoms with E-state index < -0.39 is 0 Å². The first-order valence-electron chi connectivity index (χ1n) is 18.9. The number of aryl methyl sites for hydroxylation is 2. The van der Waals surface area contributed by atoms with Gasteiger partial charge in [0.2, 0.25) is 0 Å². The Balaban J connectivity index is 1.52. The van der Waals surface area contributed by atoms with Crippen LogP contribution in [0.1, 0.15) is 159 Å². The fraction of sp³-hybridized carbons (Fsp3) is 0.558. The van der Waals surface area contributed by atoms with Crippen LogP contribution in [0.25, 0.3) is 11.1 Å². The third-order valence-electron chi connectivity index (χ3n) is 9.53. The SMILES string of the molecule is CCCCCCCCCCCCCCCCOc1ccc(N=Nc2c(CC)cc(-c3ccc(C#N)cc3)cc2CC)cc1C(C)CC. The molecule has 47 heavy (non-hydrogen) atoms. The summed E-state index contributed by atoms with van der Waals surface area (Å²) in [5.74, 6) is 1.38. The van der Waals surface area contributed by atoms with E-state index in [0.717, 1.165) is 60.5 Å². The van der Waals surface area contributed by atoms with Gasteiger partial charge in [-0.25, -0.2) is 0 Å². The Labute approximate surface area is 287 Å². The van der Waals surface area contributed by atoms with Gasteiger partial charge in [-0.15, -0.1) is 5.11 Å². The van der Waals surface area contributed by atoms with E-state index in [9.17, 15) is 5.26 Å². The molecule has 0 fully saturated rings. The van der Waals surface area contributed by atoms with E-state index in [4.69, 9.17) is 15.0 Å². The second kappa shape index (κ2) is 22.2. The number of nitriles is 1. The Morgan fingerprint density at radius 2 is 1.19 bits per heavy atom. The van der Waals surface area contributed by atoms with Gasteiger partial charge in [0.25, 0.3) is 0 Å². The van der Waals surface area contributed by atoms with Gasteiger partial charge in [0, 0.05) is 0 Å². The Morgan fingerprint density at radius 1 is 0.638 bits per heavy atom. The van der Waals surface area contributed by atoms with Gasteiger partial charge < -0.3 is 4.74 Å². The molecule has 0 aliphatic rings. The number of rotatable bonds is 23. The van der Waals surface area contributed by atoms with Crippen LogP contribution in [0, 0.1) is 11.3 Å². The third kappa shape index (κ3) is 12.9. The van der Waals surface area contributed by atoms with Gasteiger partial charge in [-0.3, -0.25) is 0 Å². The molecule has 0 saturated heterocycles. The van der Waals surface area contributed by atoms with E-state index in [1.54, 1.807) is 0 Å². The summed E-state index contributed by atoms with van der Waals surface area (Å²) in [5, 5.41) is 18.7. The largest absolute Gasteiger partial charge is 0.493 e. The summed E-state index contributed by atoms with van der Waals surface area (Å²) in [6.07, 6.45) is 21.9. The number of ether oxygens (including phenoxy) is 1. The highest BCUT2D eigenvalue weighted by Crippen LogP contribution is 2.36. The van der Waals surface area contributed by atoms with E-state index in [1.165, 1.54) is 100 Å². The maximum absolute atomic E-state index is 9.17. The molecule has 4 heteroatoms. The molecule has 3 aromatic carbocycles. The third-order valence-corrected chi connectivity index (χ3v) is 9.53. The maximum atomic E-state index is 9.17. The normalized spacial score (nSPS) is 12.0. The van der Waals surface area contributed by atoms with Crippen LogP contribution >= 0.6 is 0 Å². The summed E-state index contributed by atoms with van der Waals surface area (Å²) < 4.78 is 6.34. The van der Waals surface area contributed by atoms with Crippen LogP contribution in [0.3, 0.4) is 0 Å². The predicted octanol–water partition coefficient (Wildman–Crippen LogP) is 14.1. The molecule has 0 aliphatic carbocycles. The predicted molar refractivity (Wildman–Crippen MR) is 200 cm³/mol. The van der Waals surface area contributed by atoms with E-state index in [1.807, 2.05) is 30.3 Å². The monoisotopic (exact) mass is 635 g/mol. The molecular weight excluding hydrogens is 574 g/mol. The molecule has 0 amide bonds. The molecule has 3 aromatic rings. The Morgan fingerprint density at radius 3 is 1.70 bits per heavy atom. The molecule has 3 rings (SSSR count). The van der Waals surface area contributed by atoms with Crippen molar-refractivity contribution < 1.29 is 4.74 Å². The lowest BCUT2D eigenvalue weighted by molar-refractivity contribution is 0.299. The van der Waals surface area contributed by atoms with Crippen LogP contribution in [0.2, 0.25) is 0 Å². The molecule has 0 saturated carbocycles. The Hall–Kier alpha value is -3.45. The minimum atomic E-state index is 0.389. The second-order valence-corrected chi connectivity index (χ2v) is 13.2. The van der Waals surface area contributed by atoms with Crippen molar-refractivity contribution in [2.24, 2.45) is 10.2 Å². The van der Waals surface area contributed by atoms with Gasteiger partial charge in [-0.05, 0) is 102 Å². The van der Waals surface area contributed by atoms with Gasteiger partial charge in [0.05, 0.1) is 29.6 Å². The summed E-state index contributed by atoms with van der Waals surface area (Å²) >= 11 is 0. The fourth-order valence-corrected chi connectivity index (χ4v) is 6.25. The van der Waals surface area contributed by atoms with E-state index in [-0.39, 0.29) is 0 Å². The van der Waals surface area contributed by atoms with Crippen LogP contribution in [-0.2, 0) is 12.8 Å². The first-order chi connectivity index (χ1) is 23.0. The standard InChI is InChI=1S/C43H61N3O/c1-6-10-11-12-13-14-15-16-17-18-19-20-21-22-29-47-42-28-27-40(32-41(42)34(5)7-2)45-46-43-36(8-3)30-39(31-37(43)9-4)38-25-23-35(33-44)24-26-38/h23-28,30-32,34H,6-22,29H2,1-5H3. The quantitative estimate of drug-likeness (QED) is 0.0769. The minimum Gasteiger partial charge on any atom is -0.493 e. The zero-order valence-corrected chi connectivity index (χ0v) is 30.3. The van der Waals surface area contributed by atoms with E-state index >= 15 is 0 Å². The van der Waals surface area contributed by atoms with Gasteiger partial charge in [-0.1, -0.05) is 130 Å². The first-order valence-corrected chi connectivity index (χ1v) is 18.9. The summed E-state index contributed by atoms with van der Waals surface area (Å²) in [7, 11) is 0. The number of nitrogens with zero attached hydrogens (tertiary/aromatic N) is 3. The molecule has 0 N–H and O–H groups in total. The summed E-state index contributed by atoms with van der Waals surface area (Å²) in [6, 6.07) is 20.7. The van der Waals surface area contributed by atoms with E-state index in [2.05, 4.69) is 65.0 Å². The molecule has 1 unspecified atom stereocenters. The number of unbranched alkanes of at least 4 members (excludes halogenated alkanes) is 13. The zero-order chi connectivity index (χ0) is 33.7. The lowest BCUT2D eigenvalue weighted by atomic mass is 9.95. The highest BCUT2D eigenvalue weighted by Gasteiger charge is 2.13. The average Bonchev–Trinajstić information content (AvgIpc) is 3.11. The molecule has 254 valence electrons. The van der Waals surface area contributed by atoms with Crippen molar-refractivity contribution in [2.75, 3.05) is 6.61 Å². The topological polar surface area (TPSA) is 57.7 Å². The van der Waals surface area contributed by atoms with Crippen LogP contribution in [-0.4, -0.2) is 6.61 Å². The average molecular weight is 636 g/mol. The maximum Gasteiger partial charge on any atom is 0.122 e. The van der Waals surface area contributed by atoms with Gasteiger partial charge in [0.1, 0.15) is 5.75 Å². The van der Waals surface area contributed by atoms with Crippen molar-refractivity contribution in [1.82, 2.24) is 0 Å². The molecule has 0 bridgehead atoms. The number of benzene rings is 3. The number of azo groups is 1. The molecule has 0 aliphatic heterocycles. The van der Waals surface area contributed by atoms with Gasteiger partial charge >= 0.3 is 0 Å². The van der Waals surface area contributed by atoms with Gasteiger partial charge in [-0.2, -0.15) is 10.4 Å². The summed E-state index contributed by atoms with van der Waals surface area (Å²) in [5.41, 5.74) is 8.36. The Bertz CT molecular complexity index is 1360. The van der Waals surface area contributed by atoms with Crippen molar-refractivity contribution in [1.29, 1.82) is 5.26 Å². The van der Waals surface area contributed by atoms with Crippen LogP contribution in [0.15, 0.2) is 64.8 Å². The van der Waals surface area contributed by atoms with Crippen molar-refractivity contribution in [3.05, 3.63) is 76.9 Å². The summed E-state index contributed by atoms with van der Waals surface area (Å²) in [4.78, 5) is 0. The van der Waals surface area contributed by atoms with Crippen molar-refractivity contribution in [3.8, 4) is 22.9 Å². The minimum absolute atomic E-state index is 0.389. The van der Waals surface area contributed by atoms with E-state index in [0.29, 0.717) is 11.5 Å². The molecule has 1 atom stereocenters. The first kappa shape index (κ1) is 38.0. The summed E-state index contributed by atoms with van der Waals surface area (Å²) in [6.45, 7) is 11.9. The van der Waals surface area contributed by atoms with Crippen molar-refractivity contribution in [2.45, 2.75) is 150 Å². The molecule has 0 radical (unpaired) electrons. The van der Waals surface area contributed by atoms with Gasteiger partial charge in [0.15, 0.2) is 0 Å². The van der Waals surface area contributed by atoms with Crippen LogP contribution in [0.5, 0.6) is 5.75 Å². The van der Waals surface area contributed by atoms with Crippen LogP contribution < -0.4 is 4.74 Å². The van der Waals surface area contributed by atoms with Crippen molar-refractivity contribution in [3.63, 3.8) is 0 Å². The molecule has 0 spiro atoms. The highest BCUT2D eigenvalue weighted by molar-refractivity contribution is 5.71. The highest BCUT2D eigenvalue weighted by atomic mass is 16.5. The lowest BCUT2D eigenvalue weighted by Crippen LogP contribution is -2.02. The second-order valence-electron chi connectivity index (χ2n) is 13.2. The number of hydrogen-bond acceptors (Lipinski definition) is 4. The molecule has 4 nitrogen and oxygen atoms in total. The smallest absolute Gasteiger partial charge is 0.122 e. The number of hydrogen-bond donors (Lipinski definition) is 0. The van der Waals surface area contributed by atoms with Crippen molar-refractivity contribution >= 4 is 11.4 Å². The lowest BCUT2D eigenvalue weighted by Gasteiger charge is -2.16. The molecule has 0 heterocycles. The zero-order valence-electron chi connectivity index (χ0n) is 30.3. The Kier molecular flexibility index (Phi) is 17.9. The van der Waals surface area contributed by atoms with Crippen LogP contribution in [0.4, 0.5) is 11.4 Å². The molecule has 0 aromatic heterocycles.